The van der Waals surface area contributed by atoms with Crippen LogP contribution in [-0.2, 0) is 14.6 Å². The van der Waals surface area contributed by atoms with E-state index < -0.39 is 10.4 Å². The predicted molar refractivity (Wildman–Crippen MR) is 88.0 cm³/mol. The third-order valence-corrected chi connectivity index (χ3v) is 3.36. The van der Waals surface area contributed by atoms with E-state index in [1.165, 1.54) is 0 Å². The SMILES string of the molecule is COS(=O)(=O)O.c1ccc(-c2cc(-c3ccccc3)[nH]n2)cc1. The monoisotopic (exact) mass is 332 g/mol. The molecule has 0 atom stereocenters. The van der Waals surface area contributed by atoms with E-state index in [-0.39, 0.29) is 0 Å². The van der Waals surface area contributed by atoms with Crippen LogP contribution in [0.1, 0.15) is 0 Å². The van der Waals surface area contributed by atoms with Crippen LogP contribution < -0.4 is 0 Å². The zero-order valence-electron chi connectivity index (χ0n) is 12.4. The molecule has 0 aliphatic heterocycles. The van der Waals surface area contributed by atoms with Gasteiger partial charge in [-0.25, -0.2) is 0 Å². The zero-order valence-corrected chi connectivity index (χ0v) is 13.2. The average molecular weight is 332 g/mol. The first-order chi connectivity index (χ1) is 11.0. The van der Waals surface area contributed by atoms with E-state index in [0.717, 1.165) is 29.6 Å². The number of aromatic amines is 1. The van der Waals surface area contributed by atoms with Gasteiger partial charge in [-0.15, -0.1) is 0 Å². The average Bonchev–Trinajstić information content (AvgIpc) is 3.06. The van der Waals surface area contributed by atoms with Gasteiger partial charge >= 0.3 is 10.4 Å². The Hall–Kier alpha value is -2.48. The summed E-state index contributed by atoms with van der Waals surface area (Å²) in [4.78, 5) is 0. The molecule has 2 aromatic carbocycles. The van der Waals surface area contributed by atoms with E-state index in [9.17, 15) is 8.42 Å². The van der Waals surface area contributed by atoms with Crippen molar-refractivity contribution in [3.05, 3.63) is 66.7 Å². The molecule has 0 unspecified atom stereocenters. The fraction of sp³-hybridized carbons (Fsp3) is 0.0625. The largest absolute Gasteiger partial charge is 0.397 e. The first kappa shape index (κ1) is 16.9. The Morgan fingerprint density at radius 1 is 0.957 bits per heavy atom. The number of nitrogens with zero attached hydrogens (tertiary/aromatic N) is 1. The van der Waals surface area contributed by atoms with Gasteiger partial charge in [0, 0.05) is 5.56 Å². The van der Waals surface area contributed by atoms with Crippen molar-refractivity contribution in [2.45, 2.75) is 0 Å². The van der Waals surface area contributed by atoms with Crippen LogP contribution in [0.15, 0.2) is 66.7 Å². The Morgan fingerprint density at radius 3 is 1.91 bits per heavy atom. The van der Waals surface area contributed by atoms with Crippen LogP contribution in [-0.4, -0.2) is 30.3 Å². The van der Waals surface area contributed by atoms with Gasteiger partial charge in [-0.1, -0.05) is 60.7 Å². The van der Waals surface area contributed by atoms with Crippen molar-refractivity contribution in [1.29, 1.82) is 0 Å². The molecule has 0 aliphatic carbocycles. The quantitative estimate of drug-likeness (QED) is 0.719. The molecule has 1 heterocycles. The molecule has 0 amide bonds. The van der Waals surface area contributed by atoms with E-state index in [0.29, 0.717) is 0 Å². The van der Waals surface area contributed by atoms with Crippen molar-refractivity contribution in [3.63, 3.8) is 0 Å². The molecule has 0 saturated heterocycles. The second-order valence-corrected chi connectivity index (χ2v) is 5.68. The molecule has 23 heavy (non-hydrogen) atoms. The van der Waals surface area contributed by atoms with E-state index in [1.54, 1.807) is 0 Å². The summed E-state index contributed by atoms with van der Waals surface area (Å²) in [7, 11) is -3.29. The summed E-state index contributed by atoms with van der Waals surface area (Å²) in [5, 5.41) is 7.41. The second-order valence-electron chi connectivity index (χ2n) is 4.49. The number of aromatic nitrogens is 2. The summed E-state index contributed by atoms with van der Waals surface area (Å²) < 4.78 is 29.7. The first-order valence-corrected chi connectivity index (χ1v) is 8.05. The highest BCUT2D eigenvalue weighted by Gasteiger charge is 2.04. The van der Waals surface area contributed by atoms with Gasteiger partial charge in [-0.05, 0) is 11.6 Å². The summed E-state index contributed by atoms with van der Waals surface area (Å²) in [6.45, 7) is 0. The van der Waals surface area contributed by atoms with Crippen LogP contribution in [0.3, 0.4) is 0 Å². The van der Waals surface area contributed by atoms with Crippen molar-refractivity contribution < 1.29 is 17.2 Å². The van der Waals surface area contributed by atoms with Crippen LogP contribution in [0.4, 0.5) is 0 Å². The molecule has 0 saturated carbocycles. The highest BCUT2D eigenvalue weighted by atomic mass is 32.3. The fourth-order valence-electron chi connectivity index (χ4n) is 1.84. The van der Waals surface area contributed by atoms with Gasteiger partial charge in [0.15, 0.2) is 0 Å². The van der Waals surface area contributed by atoms with Crippen molar-refractivity contribution in [2.75, 3.05) is 7.11 Å². The molecular formula is C16H16N2O4S. The molecule has 0 fully saturated rings. The highest BCUT2D eigenvalue weighted by molar-refractivity contribution is 7.80. The fourth-order valence-corrected chi connectivity index (χ4v) is 1.84. The maximum atomic E-state index is 9.33. The normalized spacial score (nSPS) is 10.7. The van der Waals surface area contributed by atoms with E-state index in [1.807, 2.05) is 36.4 Å². The van der Waals surface area contributed by atoms with Gasteiger partial charge in [0.05, 0.1) is 18.5 Å². The molecule has 0 radical (unpaired) electrons. The van der Waals surface area contributed by atoms with Crippen molar-refractivity contribution in [3.8, 4) is 22.5 Å². The van der Waals surface area contributed by atoms with Gasteiger partial charge < -0.3 is 0 Å². The Balaban J connectivity index is 0.000000277. The van der Waals surface area contributed by atoms with Crippen LogP contribution >= 0.6 is 0 Å². The Kier molecular flexibility index (Phi) is 5.64. The van der Waals surface area contributed by atoms with Crippen molar-refractivity contribution >= 4 is 10.4 Å². The zero-order chi connectivity index (χ0) is 16.7. The van der Waals surface area contributed by atoms with Crippen LogP contribution in [0, 0.1) is 0 Å². The summed E-state index contributed by atoms with van der Waals surface area (Å²) in [6.07, 6.45) is 0. The molecule has 3 aromatic rings. The molecule has 2 N–H and O–H groups in total. The maximum absolute atomic E-state index is 9.33. The smallest absolute Gasteiger partial charge is 0.277 e. The number of hydrogen-bond donors (Lipinski definition) is 2. The van der Waals surface area contributed by atoms with Crippen molar-refractivity contribution in [2.24, 2.45) is 0 Å². The van der Waals surface area contributed by atoms with Gasteiger partial charge in [0.1, 0.15) is 0 Å². The Morgan fingerprint density at radius 2 is 1.43 bits per heavy atom. The van der Waals surface area contributed by atoms with Gasteiger partial charge in [0.2, 0.25) is 0 Å². The lowest BCUT2D eigenvalue weighted by Crippen LogP contribution is -1.96. The summed E-state index contributed by atoms with van der Waals surface area (Å²) in [6, 6.07) is 22.5. The van der Waals surface area contributed by atoms with Crippen LogP contribution in [0.5, 0.6) is 0 Å². The molecule has 120 valence electrons. The summed E-state index contributed by atoms with van der Waals surface area (Å²) in [5.41, 5.74) is 4.31. The maximum Gasteiger partial charge on any atom is 0.397 e. The third kappa shape index (κ3) is 5.33. The Bertz CT molecular complexity index is 777. The number of H-pyrrole nitrogens is 1. The van der Waals surface area contributed by atoms with Crippen LogP contribution in [0.25, 0.3) is 22.5 Å². The summed E-state index contributed by atoms with van der Waals surface area (Å²) >= 11 is 0. The molecule has 1 aromatic heterocycles. The summed E-state index contributed by atoms with van der Waals surface area (Å²) in [5.74, 6) is 0. The minimum absolute atomic E-state index is 0.870. The minimum Gasteiger partial charge on any atom is -0.277 e. The van der Waals surface area contributed by atoms with Crippen LogP contribution in [0.2, 0.25) is 0 Å². The molecule has 0 aliphatic rings. The van der Waals surface area contributed by atoms with Gasteiger partial charge in [-0.3, -0.25) is 13.8 Å². The number of nitrogens with one attached hydrogen (secondary N) is 1. The number of rotatable bonds is 3. The van der Waals surface area contributed by atoms with Gasteiger partial charge in [-0.2, -0.15) is 13.5 Å². The lowest BCUT2D eigenvalue weighted by molar-refractivity contribution is 0.324. The molecule has 0 bridgehead atoms. The Labute approximate surface area is 134 Å². The number of hydrogen-bond acceptors (Lipinski definition) is 4. The molecule has 0 spiro atoms. The standard InChI is InChI=1S/C15H12N2.CH4O4S/c1-3-7-12(8-4-1)14-11-15(17-16-14)13-9-5-2-6-10-13;1-5-6(2,3)4/h1-11H,(H,16,17);1H3,(H,2,3,4). The van der Waals surface area contributed by atoms with Crippen molar-refractivity contribution in [1.82, 2.24) is 10.2 Å². The lowest BCUT2D eigenvalue weighted by atomic mass is 10.1. The molecule has 7 heteroatoms. The minimum atomic E-state index is -4.16. The van der Waals surface area contributed by atoms with E-state index >= 15 is 0 Å². The highest BCUT2D eigenvalue weighted by Crippen LogP contribution is 2.22. The molecular weight excluding hydrogens is 316 g/mol. The molecule has 6 nitrogen and oxygen atoms in total. The first-order valence-electron chi connectivity index (χ1n) is 6.69. The topological polar surface area (TPSA) is 92.3 Å². The third-order valence-electron chi connectivity index (χ3n) is 2.94. The van der Waals surface area contributed by atoms with Gasteiger partial charge in [0.25, 0.3) is 0 Å². The van der Waals surface area contributed by atoms with E-state index in [4.69, 9.17) is 4.55 Å². The lowest BCUT2D eigenvalue weighted by Gasteiger charge is -1.94. The second kappa shape index (κ2) is 7.68. The number of benzene rings is 2. The van der Waals surface area contributed by atoms with E-state index in [2.05, 4.69) is 44.7 Å². The predicted octanol–water partition coefficient (Wildman–Crippen LogP) is 3.18. The molecule has 3 rings (SSSR count).